The van der Waals surface area contributed by atoms with Crippen molar-refractivity contribution < 1.29 is 28.6 Å². The Balaban J connectivity index is 1.58. The highest BCUT2D eigenvalue weighted by molar-refractivity contribution is 8.00. The standard InChI is InChI=1S/C28H28N2O6S/c1-19(31)36-27-28(29,37-2)26(33)30(27)24(25(32)35-18-21-11-7-4-8-12-21)22-13-15-23(16-14-22)34-17-20-9-5-3-6-10-20/h3-16,24,27H,17-18,29H2,1-2H3. The van der Waals surface area contributed by atoms with Crippen molar-refractivity contribution in [3.8, 4) is 5.75 Å². The summed E-state index contributed by atoms with van der Waals surface area (Å²) >= 11 is 1.05. The molecule has 1 saturated heterocycles. The molecule has 1 heterocycles. The van der Waals surface area contributed by atoms with Crippen LogP contribution in [0.2, 0.25) is 0 Å². The Bertz CT molecular complexity index is 1240. The summed E-state index contributed by atoms with van der Waals surface area (Å²) in [5, 5.41) is 0. The summed E-state index contributed by atoms with van der Waals surface area (Å²) < 4.78 is 16.8. The third-order valence-corrected chi connectivity index (χ3v) is 7.02. The van der Waals surface area contributed by atoms with Gasteiger partial charge in [-0.25, -0.2) is 4.79 Å². The lowest BCUT2D eigenvalue weighted by Crippen LogP contribution is -2.78. The van der Waals surface area contributed by atoms with E-state index in [2.05, 4.69) is 0 Å². The molecule has 1 amide bonds. The van der Waals surface area contributed by atoms with Gasteiger partial charge in [0.15, 0.2) is 10.9 Å². The van der Waals surface area contributed by atoms with E-state index in [0.29, 0.717) is 17.9 Å². The molecule has 192 valence electrons. The van der Waals surface area contributed by atoms with Gasteiger partial charge in [0.2, 0.25) is 6.23 Å². The predicted octanol–water partition coefficient (Wildman–Crippen LogP) is 3.80. The van der Waals surface area contributed by atoms with Crippen LogP contribution in [-0.2, 0) is 37.1 Å². The SMILES string of the molecule is CSC1(N)C(=O)N(C(C(=O)OCc2ccccc2)c2ccc(OCc3ccccc3)cc2)C1OC(C)=O. The summed E-state index contributed by atoms with van der Waals surface area (Å²) in [4.78, 5) is 38.1. The molecule has 0 aliphatic carbocycles. The number of β-lactam (4-membered cyclic amide) rings is 1. The smallest absolute Gasteiger partial charge is 0.334 e. The Morgan fingerprint density at radius 1 is 0.946 bits per heavy atom. The number of rotatable bonds is 10. The first-order valence-corrected chi connectivity index (χ1v) is 12.9. The van der Waals surface area contributed by atoms with E-state index >= 15 is 0 Å². The van der Waals surface area contributed by atoms with Gasteiger partial charge in [-0.05, 0) is 35.1 Å². The van der Waals surface area contributed by atoms with Crippen LogP contribution in [0.1, 0.15) is 29.7 Å². The molecule has 3 aromatic rings. The van der Waals surface area contributed by atoms with Crippen LogP contribution in [0.4, 0.5) is 0 Å². The molecule has 1 aliphatic rings. The van der Waals surface area contributed by atoms with Gasteiger partial charge in [-0.15, -0.1) is 11.8 Å². The van der Waals surface area contributed by atoms with Gasteiger partial charge in [-0.1, -0.05) is 72.8 Å². The maximum atomic E-state index is 13.4. The van der Waals surface area contributed by atoms with Gasteiger partial charge >= 0.3 is 11.9 Å². The molecule has 37 heavy (non-hydrogen) atoms. The molecule has 0 radical (unpaired) electrons. The molecule has 0 aromatic heterocycles. The van der Waals surface area contributed by atoms with Crippen LogP contribution in [0.15, 0.2) is 84.9 Å². The van der Waals surface area contributed by atoms with Gasteiger partial charge in [-0.2, -0.15) is 0 Å². The summed E-state index contributed by atoms with van der Waals surface area (Å²) in [6.07, 6.45) is 0.503. The number of thioether (sulfide) groups is 1. The largest absolute Gasteiger partial charge is 0.489 e. The van der Waals surface area contributed by atoms with Gasteiger partial charge in [-0.3, -0.25) is 14.5 Å². The number of amides is 1. The number of nitrogens with two attached hydrogens (primary N) is 1. The zero-order valence-corrected chi connectivity index (χ0v) is 21.4. The number of hydrogen-bond donors (Lipinski definition) is 1. The molecule has 1 fully saturated rings. The van der Waals surface area contributed by atoms with Crippen LogP contribution in [0, 0.1) is 0 Å². The molecule has 0 bridgehead atoms. The Labute approximate surface area is 219 Å². The number of hydrogen-bond acceptors (Lipinski definition) is 8. The quantitative estimate of drug-likeness (QED) is 0.244. The molecular weight excluding hydrogens is 492 g/mol. The number of benzene rings is 3. The van der Waals surface area contributed by atoms with E-state index in [1.165, 1.54) is 11.8 Å². The van der Waals surface area contributed by atoms with E-state index in [4.69, 9.17) is 19.9 Å². The van der Waals surface area contributed by atoms with Crippen LogP contribution in [0.5, 0.6) is 5.75 Å². The Hall–Kier alpha value is -3.82. The number of ether oxygens (including phenoxy) is 3. The molecule has 3 atom stereocenters. The minimum atomic E-state index is -1.50. The second-order valence-electron chi connectivity index (χ2n) is 8.51. The van der Waals surface area contributed by atoms with Crippen LogP contribution in [0.25, 0.3) is 0 Å². The van der Waals surface area contributed by atoms with Crippen molar-refractivity contribution in [1.29, 1.82) is 0 Å². The second kappa shape index (κ2) is 11.5. The average Bonchev–Trinajstić information content (AvgIpc) is 2.93. The molecular formula is C28H28N2O6S. The van der Waals surface area contributed by atoms with E-state index in [0.717, 1.165) is 22.9 Å². The minimum Gasteiger partial charge on any atom is -0.489 e. The third kappa shape index (κ3) is 5.79. The highest BCUT2D eigenvalue weighted by atomic mass is 32.2. The zero-order chi connectivity index (χ0) is 26.4. The van der Waals surface area contributed by atoms with E-state index in [1.54, 1.807) is 30.5 Å². The van der Waals surface area contributed by atoms with Crippen LogP contribution in [-0.4, -0.2) is 40.1 Å². The van der Waals surface area contributed by atoms with Crippen molar-refractivity contribution in [2.24, 2.45) is 5.73 Å². The Morgan fingerprint density at radius 3 is 2.05 bits per heavy atom. The lowest BCUT2D eigenvalue weighted by atomic mass is 9.96. The molecule has 0 saturated carbocycles. The first-order chi connectivity index (χ1) is 17.8. The van der Waals surface area contributed by atoms with Gasteiger partial charge in [0.05, 0.1) is 0 Å². The third-order valence-electron chi connectivity index (χ3n) is 5.97. The topological polar surface area (TPSA) is 108 Å². The van der Waals surface area contributed by atoms with E-state index < -0.39 is 35.0 Å². The Morgan fingerprint density at radius 2 is 1.51 bits per heavy atom. The lowest BCUT2D eigenvalue weighted by molar-refractivity contribution is -0.203. The fourth-order valence-corrected chi connectivity index (χ4v) is 4.65. The van der Waals surface area contributed by atoms with Crippen molar-refractivity contribution in [1.82, 2.24) is 4.90 Å². The van der Waals surface area contributed by atoms with Crippen LogP contribution >= 0.6 is 11.8 Å². The fraction of sp³-hybridized carbons (Fsp3) is 0.250. The maximum Gasteiger partial charge on any atom is 0.334 e. The highest BCUT2D eigenvalue weighted by Crippen LogP contribution is 2.44. The fourth-order valence-electron chi connectivity index (χ4n) is 4.00. The minimum absolute atomic E-state index is 0.0189. The van der Waals surface area contributed by atoms with Crippen molar-refractivity contribution in [3.63, 3.8) is 0 Å². The number of esters is 2. The highest BCUT2D eigenvalue weighted by Gasteiger charge is 2.64. The van der Waals surface area contributed by atoms with Crippen LogP contribution < -0.4 is 10.5 Å². The number of nitrogens with zero attached hydrogens (tertiary/aromatic N) is 1. The average molecular weight is 521 g/mol. The predicted molar refractivity (Wildman–Crippen MR) is 139 cm³/mol. The molecule has 0 spiro atoms. The van der Waals surface area contributed by atoms with Gasteiger partial charge in [0, 0.05) is 6.92 Å². The van der Waals surface area contributed by atoms with Crippen molar-refractivity contribution in [2.75, 3.05) is 6.26 Å². The second-order valence-corrected chi connectivity index (χ2v) is 9.59. The maximum absolute atomic E-state index is 13.4. The number of carbonyl (C=O) groups excluding carboxylic acids is 3. The summed E-state index contributed by atoms with van der Waals surface area (Å²) in [5.41, 5.74) is 8.53. The lowest BCUT2D eigenvalue weighted by Gasteiger charge is -2.53. The van der Waals surface area contributed by atoms with Gasteiger partial charge in [0.1, 0.15) is 19.0 Å². The van der Waals surface area contributed by atoms with Crippen molar-refractivity contribution in [3.05, 3.63) is 102 Å². The molecule has 4 rings (SSSR count). The number of carbonyl (C=O) groups is 3. The Kier molecular flexibility index (Phi) is 8.15. The monoisotopic (exact) mass is 520 g/mol. The number of likely N-dealkylation sites (tertiary alicyclic amines) is 1. The van der Waals surface area contributed by atoms with Crippen molar-refractivity contribution in [2.45, 2.75) is 37.3 Å². The summed E-state index contributed by atoms with van der Waals surface area (Å²) in [5.74, 6) is -1.23. The molecule has 3 aromatic carbocycles. The van der Waals surface area contributed by atoms with E-state index in [9.17, 15) is 14.4 Å². The van der Waals surface area contributed by atoms with Gasteiger partial charge in [0.25, 0.3) is 5.91 Å². The van der Waals surface area contributed by atoms with Crippen LogP contribution in [0.3, 0.4) is 0 Å². The molecule has 1 aliphatic heterocycles. The normalized spacial score (nSPS) is 19.5. The molecule has 3 unspecified atom stereocenters. The molecule has 2 N–H and O–H groups in total. The van der Waals surface area contributed by atoms with E-state index in [-0.39, 0.29) is 6.61 Å². The summed E-state index contributed by atoms with van der Waals surface area (Å²) in [7, 11) is 0. The molecule has 8 nitrogen and oxygen atoms in total. The summed E-state index contributed by atoms with van der Waals surface area (Å²) in [6, 6.07) is 24.5. The first kappa shape index (κ1) is 26.2. The zero-order valence-electron chi connectivity index (χ0n) is 20.5. The van der Waals surface area contributed by atoms with Crippen molar-refractivity contribution >= 4 is 29.6 Å². The summed E-state index contributed by atoms with van der Waals surface area (Å²) in [6.45, 7) is 1.62. The van der Waals surface area contributed by atoms with E-state index in [1.807, 2.05) is 60.7 Å². The molecule has 9 heteroatoms. The van der Waals surface area contributed by atoms with Gasteiger partial charge < -0.3 is 19.9 Å². The first-order valence-electron chi connectivity index (χ1n) is 11.6.